The Labute approximate surface area is 124 Å². The molecule has 3 unspecified atom stereocenters. The maximum Gasteiger partial charge on any atom is 0.122 e. The van der Waals surface area contributed by atoms with E-state index in [0.29, 0.717) is 22.5 Å². The minimum atomic E-state index is 0.322. The van der Waals surface area contributed by atoms with E-state index in [1.807, 2.05) is 13.0 Å². The lowest BCUT2D eigenvalue weighted by atomic mass is 9.65. The summed E-state index contributed by atoms with van der Waals surface area (Å²) in [6.45, 7) is 9.27. The van der Waals surface area contributed by atoms with Crippen molar-refractivity contribution in [1.82, 2.24) is 0 Å². The molecule has 0 aliphatic heterocycles. The molecule has 3 atom stereocenters. The topological polar surface area (TPSA) is 20.2 Å². The molecule has 0 amide bonds. The van der Waals surface area contributed by atoms with Crippen molar-refractivity contribution in [2.24, 2.45) is 16.7 Å². The van der Waals surface area contributed by atoms with Crippen molar-refractivity contribution >= 4 is 15.9 Å². The normalized spacial score (nSPS) is 35.8. The van der Waals surface area contributed by atoms with E-state index in [9.17, 15) is 5.11 Å². The molecular weight excluding hydrogens is 300 g/mol. The van der Waals surface area contributed by atoms with Gasteiger partial charge in [-0.3, -0.25) is 0 Å². The third-order valence-electron chi connectivity index (χ3n) is 6.46. The highest BCUT2D eigenvalue weighted by atomic mass is 79.9. The summed E-state index contributed by atoms with van der Waals surface area (Å²) in [4.78, 5) is 0. The first-order chi connectivity index (χ1) is 8.77. The second-order valence-corrected chi connectivity index (χ2v) is 8.24. The lowest BCUT2D eigenvalue weighted by molar-refractivity contribution is 0.133. The molecular formula is C17H23BrO. The van der Waals surface area contributed by atoms with Crippen LogP contribution in [-0.4, -0.2) is 5.11 Å². The molecule has 0 radical (unpaired) electrons. The van der Waals surface area contributed by atoms with Gasteiger partial charge < -0.3 is 5.11 Å². The van der Waals surface area contributed by atoms with Gasteiger partial charge >= 0.3 is 0 Å². The molecule has 104 valence electrons. The Morgan fingerprint density at radius 1 is 1.26 bits per heavy atom. The van der Waals surface area contributed by atoms with Crippen LogP contribution in [0.1, 0.15) is 57.1 Å². The molecule has 1 aromatic carbocycles. The Kier molecular flexibility index (Phi) is 2.84. The smallest absolute Gasteiger partial charge is 0.122 e. The zero-order chi connectivity index (χ0) is 14.0. The lowest BCUT2D eigenvalue weighted by Gasteiger charge is -2.40. The highest BCUT2D eigenvalue weighted by molar-refractivity contribution is 9.10. The number of hydrogen-bond donors (Lipinski definition) is 1. The van der Waals surface area contributed by atoms with E-state index in [2.05, 4.69) is 42.8 Å². The van der Waals surface area contributed by atoms with E-state index >= 15 is 0 Å². The molecule has 19 heavy (non-hydrogen) atoms. The molecule has 2 aliphatic rings. The number of benzene rings is 1. The minimum Gasteiger partial charge on any atom is -0.507 e. The highest BCUT2D eigenvalue weighted by Gasteiger charge is 2.61. The van der Waals surface area contributed by atoms with Crippen LogP contribution in [0.25, 0.3) is 0 Å². The summed E-state index contributed by atoms with van der Waals surface area (Å²) in [5.74, 6) is 1.82. The maximum absolute atomic E-state index is 10.5. The van der Waals surface area contributed by atoms with Gasteiger partial charge in [0.2, 0.25) is 0 Å². The maximum atomic E-state index is 10.5. The molecule has 1 N–H and O–H groups in total. The molecule has 0 saturated heterocycles. The molecule has 2 fully saturated rings. The monoisotopic (exact) mass is 322 g/mol. The molecule has 1 aromatic rings. The zero-order valence-electron chi connectivity index (χ0n) is 12.3. The molecule has 0 heterocycles. The number of halogens is 1. The Morgan fingerprint density at radius 3 is 2.47 bits per heavy atom. The van der Waals surface area contributed by atoms with E-state index in [4.69, 9.17) is 0 Å². The molecule has 2 bridgehead atoms. The number of phenols is 1. The summed E-state index contributed by atoms with van der Waals surface area (Å²) in [5, 5.41) is 10.5. The second kappa shape index (κ2) is 4.00. The van der Waals surface area contributed by atoms with E-state index in [-0.39, 0.29) is 0 Å². The van der Waals surface area contributed by atoms with Crippen LogP contribution in [0.3, 0.4) is 0 Å². The number of hydrogen-bond acceptors (Lipinski definition) is 1. The van der Waals surface area contributed by atoms with E-state index < -0.39 is 0 Å². The highest BCUT2D eigenvalue weighted by Crippen LogP contribution is 2.71. The summed E-state index contributed by atoms with van der Waals surface area (Å²) in [6, 6.07) is 4.13. The Hall–Kier alpha value is -0.500. The summed E-state index contributed by atoms with van der Waals surface area (Å²) >= 11 is 3.58. The van der Waals surface area contributed by atoms with Crippen LogP contribution < -0.4 is 0 Å². The average molecular weight is 323 g/mol. The van der Waals surface area contributed by atoms with Crippen molar-refractivity contribution in [3.63, 3.8) is 0 Å². The predicted octanol–water partition coefficient (Wildman–Crippen LogP) is 5.39. The van der Waals surface area contributed by atoms with Gasteiger partial charge in [0.1, 0.15) is 5.75 Å². The largest absolute Gasteiger partial charge is 0.507 e. The van der Waals surface area contributed by atoms with Crippen molar-refractivity contribution in [1.29, 1.82) is 0 Å². The van der Waals surface area contributed by atoms with Gasteiger partial charge in [0, 0.05) is 4.47 Å². The van der Waals surface area contributed by atoms with Gasteiger partial charge in [-0.25, -0.2) is 0 Å². The van der Waals surface area contributed by atoms with Crippen molar-refractivity contribution in [3.8, 4) is 5.75 Å². The fourth-order valence-electron chi connectivity index (χ4n) is 4.70. The van der Waals surface area contributed by atoms with Crippen LogP contribution in [0.4, 0.5) is 0 Å². The van der Waals surface area contributed by atoms with Gasteiger partial charge in [-0.15, -0.1) is 0 Å². The molecule has 0 aromatic heterocycles. The summed E-state index contributed by atoms with van der Waals surface area (Å²) in [5.41, 5.74) is 2.85. The molecule has 2 saturated carbocycles. The van der Waals surface area contributed by atoms with Crippen molar-refractivity contribution in [3.05, 3.63) is 27.7 Å². The fraction of sp³-hybridized carbons (Fsp3) is 0.647. The quantitative estimate of drug-likeness (QED) is 0.734. The first-order valence-electron chi connectivity index (χ1n) is 7.26. The SMILES string of the molecule is Cc1cc(Br)cc(C2CC3CCC2(C)C3(C)C)c1O. The van der Waals surface area contributed by atoms with Crippen LogP contribution in [0, 0.1) is 23.7 Å². The molecule has 2 aliphatic carbocycles. The summed E-state index contributed by atoms with van der Waals surface area (Å²) in [6.07, 6.45) is 3.88. The van der Waals surface area contributed by atoms with Gasteiger partial charge in [0.05, 0.1) is 0 Å². The van der Waals surface area contributed by atoms with E-state index in [1.54, 1.807) is 0 Å². The third kappa shape index (κ3) is 1.65. The number of aromatic hydroxyl groups is 1. The first kappa shape index (κ1) is 13.5. The van der Waals surface area contributed by atoms with Gasteiger partial charge in [0.25, 0.3) is 0 Å². The Bertz CT molecular complexity index is 534. The Balaban J connectivity index is 2.11. The van der Waals surface area contributed by atoms with Gasteiger partial charge in [-0.05, 0) is 72.1 Å². The minimum absolute atomic E-state index is 0.322. The molecule has 1 nitrogen and oxygen atoms in total. The molecule has 3 rings (SSSR count). The van der Waals surface area contributed by atoms with Crippen molar-refractivity contribution in [2.45, 2.75) is 52.9 Å². The molecule has 0 spiro atoms. The van der Waals surface area contributed by atoms with Gasteiger partial charge in [-0.2, -0.15) is 0 Å². The van der Waals surface area contributed by atoms with Gasteiger partial charge in [-0.1, -0.05) is 36.7 Å². The van der Waals surface area contributed by atoms with Gasteiger partial charge in [0.15, 0.2) is 0 Å². The average Bonchev–Trinajstić information content (AvgIpc) is 2.66. The van der Waals surface area contributed by atoms with Crippen LogP contribution in [0.2, 0.25) is 0 Å². The van der Waals surface area contributed by atoms with Crippen molar-refractivity contribution < 1.29 is 5.11 Å². The zero-order valence-corrected chi connectivity index (χ0v) is 13.8. The lowest BCUT2D eigenvalue weighted by Crippen LogP contribution is -2.31. The van der Waals surface area contributed by atoms with Crippen LogP contribution in [0.5, 0.6) is 5.75 Å². The van der Waals surface area contributed by atoms with Crippen LogP contribution in [0.15, 0.2) is 16.6 Å². The summed E-state index contributed by atoms with van der Waals surface area (Å²) < 4.78 is 1.09. The number of aryl methyl sites for hydroxylation is 1. The standard InChI is InChI=1S/C17H23BrO/c1-10-7-12(18)9-13(15(10)19)14-8-11-5-6-17(14,4)16(11,2)3/h7,9,11,14,19H,5-6,8H2,1-4H3. The van der Waals surface area contributed by atoms with Crippen molar-refractivity contribution in [2.75, 3.05) is 0 Å². The van der Waals surface area contributed by atoms with Crippen LogP contribution in [-0.2, 0) is 0 Å². The fourth-order valence-corrected chi connectivity index (χ4v) is 5.29. The first-order valence-corrected chi connectivity index (χ1v) is 8.05. The number of phenolic OH excluding ortho intramolecular Hbond substituents is 1. The predicted molar refractivity (Wildman–Crippen MR) is 82.5 cm³/mol. The van der Waals surface area contributed by atoms with E-state index in [0.717, 1.165) is 21.5 Å². The van der Waals surface area contributed by atoms with E-state index in [1.165, 1.54) is 19.3 Å². The molecule has 2 heteroatoms. The summed E-state index contributed by atoms with van der Waals surface area (Å²) in [7, 11) is 0. The second-order valence-electron chi connectivity index (χ2n) is 7.32. The number of fused-ring (bicyclic) bond motifs is 2. The third-order valence-corrected chi connectivity index (χ3v) is 6.92. The van der Waals surface area contributed by atoms with Crippen LogP contribution >= 0.6 is 15.9 Å². The number of rotatable bonds is 1. The Morgan fingerprint density at radius 2 is 1.95 bits per heavy atom.